The second-order valence-corrected chi connectivity index (χ2v) is 7.46. The number of hydrogen-bond donors (Lipinski definition) is 2. The van der Waals surface area contributed by atoms with Gasteiger partial charge in [-0.3, -0.25) is 9.59 Å². The van der Waals surface area contributed by atoms with Gasteiger partial charge >= 0.3 is 0 Å². The second kappa shape index (κ2) is 9.31. The van der Waals surface area contributed by atoms with Crippen molar-refractivity contribution in [3.8, 4) is 28.3 Å². The smallest absolute Gasteiger partial charge is 0.265 e. The van der Waals surface area contributed by atoms with E-state index < -0.39 is 6.10 Å². The molecule has 160 valence electrons. The van der Waals surface area contributed by atoms with E-state index in [2.05, 4.69) is 15.3 Å². The third-order valence-corrected chi connectivity index (χ3v) is 4.92. The number of nitrogens with one attached hydrogen (secondary N) is 2. The van der Waals surface area contributed by atoms with Crippen LogP contribution in [0.25, 0.3) is 22.5 Å². The van der Waals surface area contributed by atoms with Crippen LogP contribution in [0.2, 0.25) is 0 Å². The van der Waals surface area contributed by atoms with Crippen LogP contribution >= 0.6 is 0 Å². The lowest BCUT2D eigenvalue weighted by Gasteiger charge is -2.15. The highest BCUT2D eigenvalue weighted by atomic mass is 16.5. The maximum absolute atomic E-state index is 12.7. The molecule has 6 nitrogen and oxygen atoms in total. The Bertz CT molecular complexity index is 1280. The summed E-state index contributed by atoms with van der Waals surface area (Å²) in [7, 11) is 0. The molecule has 32 heavy (non-hydrogen) atoms. The molecule has 0 aliphatic heterocycles. The number of carbonyl (C=O) groups is 1. The normalized spacial score (nSPS) is 11.6. The Morgan fingerprint density at radius 3 is 2.31 bits per heavy atom. The summed E-state index contributed by atoms with van der Waals surface area (Å²) in [5.41, 5.74) is 3.89. The summed E-state index contributed by atoms with van der Waals surface area (Å²) in [6, 6.07) is 26.3. The molecule has 0 aliphatic rings. The Balaban J connectivity index is 1.42. The molecular weight excluding hydrogens is 402 g/mol. The van der Waals surface area contributed by atoms with E-state index in [-0.39, 0.29) is 11.5 Å². The quantitative estimate of drug-likeness (QED) is 0.464. The second-order valence-electron chi connectivity index (χ2n) is 7.46. The number of H-pyrrole nitrogens is 1. The molecule has 0 saturated heterocycles. The Hall–Kier alpha value is -4.19. The van der Waals surface area contributed by atoms with Crippen molar-refractivity contribution in [2.75, 3.05) is 5.32 Å². The minimum Gasteiger partial charge on any atom is -0.481 e. The SMILES string of the molecule is Cc1cc(=O)[nH]c(-c2cccc(NC(=O)C(C)Oc3ccc(-c4ccccc4)cc3)c2)n1. The summed E-state index contributed by atoms with van der Waals surface area (Å²) in [4.78, 5) is 31.4. The van der Waals surface area contributed by atoms with Crippen LogP contribution in [0.5, 0.6) is 5.75 Å². The highest BCUT2D eigenvalue weighted by Crippen LogP contribution is 2.23. The van der Waals surface area contributed by atoms with Gasteiger partial charge in [-0.25, -0.2) is 4.98 Å². The maximum Gasteiger partial charge on any atom is 0.265 e. The van der Waals surface area contributed by atoms with Gasteiger partial charge in [0.05, 0.1) is 0 Å². The average Bonchev–Trinajstić information content (AvgIpc) is 2.79. The summed E-state index contributed by atoms with van der Waals surface area (Å²) in [6.45, 7) is 3.46. The zero-order valence-corrected chi connectivity index (χ0v) is 17.8. The number of rotatable bonds is 6. The monoisotopic (exact) mass is 425 g/mol. The van der Waals surface area contributed by atoms with Crippen molar-refractivity contribution in [1.82, 2.24) is 9.97 Å². The molecule has 0 radical (unpaired) electrons. The molecule has 3 aromatic carbocycles. The molecule has 0 aliphatic carbocycles. The predicted octanol–water partition coefficient (Wildman–Crippen LogP) is 4.82. The number of benzene rings is 3. The van der Waals surface area contributed by atoms with Crippen LogP contribution < -0.4 is 15.6 Å². The summed E-state index contributed by atoms with van der Waals surface area (Å²) < 4.78 is 5.81. The standard InChI is InChI=1S/C26H23N3O3/c1-17-15-24(30)29-25(27-17)21-9-6-10-22(16-21)28-26(31)18(2)32-23-13-11-20(12-14-23)19-7-4-3-5-8-19/h3-16,18H,1-2H3,(H,28,31)(H,27,29,30). The van der Waals surface area contributed by atoms with Crippen molar-refractivity contribution in [2.24, 2.45) is 0 Å². The van der Waals surface area contributed by atoms with Gasteiger partial charge in [0.1, 0.15) is 11.6 Å². The lowest BCUT2D eigenvalue weighted by molar-refractivity contribution is -0.122. The third kappa shape index (κ3) is 5.10. The molecule has 0 saturated carbocycles. The highest BCUT2D eigenvalue weighted by Gasteiger charge is 2.15. The highest BCUT2D eigenvalue weighted by molar-refractivity contribution is 5.94. The number of carbonyl (C=O) groups excluding carboxylic acids is 1. The van der Waals surface area contributed by atoms with Crippen molar-refractivity contribution in [3.63, 3.8) is 0 Å². The molecule has 0 bridgehead atoms. The maximum atomic E-state index is 12.7. The van der Waals surface area contributed by atoms with Gasteiger partial charge in [0.25, 0.3) is 11.5 Å². The Morgan fingerprint density at radius 2 is 1.59 bits per heavy atom. The number of nitrogens with zero attached hydrogens (tertiary/aromatic N) is 1. The van der Waals surface area contributed by atoms with Crippen molar-refractivity contribution < 1.29 is 9.53 Å². The van der Waals surface area contributed by atoms with Crippen LogP contribution in [0.3, 0.4) is 0 Å². The lowest BCUT2D eigenvalue weighted by atomic mass is 10.1. The van der Waals surface area contributed by atoms with E-state index in [0.717, 1.165) is 11.1 Å². The van der Waals surface area contributed by atoms with Gasteiger partial charge in [0.2, 0.25) is 0 Å². The Labute approximate surface area is 185 Å². The van der Waals surface area contributed by atoms with E-state index in [9.17, 15) is 9.59 Å². The molecule has 0 fully saturated rings. The van der Waals surface area contributed by atoms with Crippen LogP contribution in [0, 0.1) is 6.92 Å². The molecule has 2 N–H and O–H groups in total. The van der Waals surface area contributed by atoms with E-state index in [4.69, 9.17) is 4.74 Å². The van der Waals surface area contributed by atoms with Gasteiger partial charge in [0, 0.05) is 23.0 Å². The Morgan fingerprint density at radius 1 is 0.906 bits per heavy atom. The molecule has 1 unspecified atom stereocenters. The molecule has 0 spiro atoms. The fourth-order valence-corrected chi connectivity index (χ4v) is 3.32. The minimum atomic E-state index is -0.696. The van der Waals surface area contributed by atoms with E-state index in [1.54, 1.807) is 32.0 Å². The molecule has 4 aromatic rings. The van der Waals surface area contributed by atoms with E-state index in [1.807, 2.05) is 60.7 Å². The first kappa shape index (κ1) is 21.1. The number of aryl methyl sites for hydroxylation is 1. The first-order valence-corrected chi connectivity index (χ1v) is 10.3. The number of aromatic nitrogens is 2. The zero-order valence-electron chi connectivity index (χ0n) is 17.8. The van der Waals surface area contributed by atoms with E-state index >= 15 is 0 Å². The molecule has 1 aromatic heterocycles. The van der Waals surface area contributed by atoms with Gasteiger partial charge in [-0.1, -0.05) is 54.6 Å². The van der Waals surface area contributed by atoms with E-state index in [1.165, 1.54) is 6.07 Å². The Kier molecular flexibility index (Phi) is 6.12. The van der Waals surface area contributed by atoms with Crippen molar-refractivity contribution >= 4 is 11.6 Å². The van der Waals surface area contributed by atoms with Crippen LogP contribution in [0.1, 0.15) is 12.6 Å². The van der Waals surface area contributed by atoms with Gasteiger partial charge in [-0.05, 0) is 49.2 Å². The van der Waals surface area contributed by atoms with Gasteiger partial charge < -0.3 is 15.0 Å². The number of anilines is 1. The van der Waals surface area contributed by atoms with E-state index in [0.29, 0.717) is 28.5 Å². The summed E-state index contributed by atoms with van der Waals surface area (Å²) in [5.74, 6) is 0.788. The van der Waals surface area contributed by atoms with Crippen molar-refractivity contribution in [2.45, 2.75) is 20.0 Å². The number of hydrogen-bond acceptors (Lipinski definition) is 4. The molecule has 1 amide bonds. The molecule has 1 heterocycles. The van der Waals surface area contributed by atoms with Crippen LogP contribution in [0.15, 0.2) is 89.7 Å². The zero-order chi connectivity index (χ0) is 22.5. The van der Waals surface area contributed by atoms with Gasteiger partial charge in [0.15, 0.2) is 6.10 Å². The van der Waals surface area contributed by atoms with Crippen LogP contribution in [-0.2, 0) is 4.79 Å². The van der Waals surface area contributed by atoms with Crippen molar-refractivity contribution in [3.05, 3.63) is 101 Å². The van der Waals surface area contributed by atoms with Gasteiger partial charge in [-0.2, -0.15) is 0 Å². The van der Waals surface area contributed by atoms with Gasteiger partial charge in [-0.15, -0.1) is 0 Å². The summed E-state index contributed by atoms with van der Waals surface area (Å²) >= 11 is 0. The molecule has 4 rings (SSSR count). The first-order chi connectivity index (χ1) is 15.5. The average molecular weight is 425 g/mol. The first-order valence-electron chi connectivity index (χ1n) is 10.3. The van der Waals surface area contributed by atoms with Crippen LogP contribution in [-0.4, -0.2) is 22.0 Å². The van der Waals surface area contributed by atoms with Crippen molar-refractivity contribution in [1.29, 1.82) is 0 Å². The topological polar surface area (TPSA) is 84.1 Å². The fourth-order valence-electron chi connectivity index (χ4n) is 3.32. The lowest BCUT2D eigenvalue weighted by Crippen LogP contribution is -2.30. The third-order valence-electron chi connectivity index (χ3n) is 4.92. The number of ether oxygens (including phenoxy) is 1. The molecule has 6 heteroatoms. The molecular formula is C26H23N3O3. The predicted molar refractivity (Wildman–Crippen MR) is 126 cm³/mol. The summed E-state index contributed by atoms with van der Waals surface area (Å²) in [6.07, 6.45) is -0.696. The van der Waals surface area contributed by atoms with Crippen LogP contribution in [0.4, 0.5) is 5.69 Å². The molecule has 1 atom stereocenters. The fraction of sp³-hybridized carbons (Fsp3) is 0.115. The number of aromatic amines is 1. The summed E-state index contributed by atoms with van der Waals surface area (Å²) in [5, 5.41) is 2.85. The minimum absolute atomic E-state index is 0.220. The number of amides is 1. The largest absolute Gasteiger partial charge is 0.481 e.